The number of benzene rings is 3. The fraction of sp³-hybridized carbons (Fsp3) is 0.100. The molecule has 1 unspecified atom stereocenters. The zero-order chi connectivity index (χ0) is 15.4. The summed E-state index contributed by atoms with van der Waals surface area (Å²) in [4.78, 5) is 0. The lowest BCUT2D eigenvalue weighted by molar-refractivity contribution is 0.627. The topological polar surface area (TPSA) is 0 Å². The molecule has 0 amide bonds. The highest BCUT2D eigenvalue weighted by Gasteiger charge is 2.25. The number of halogens is 1. The van der Waals surface area contributed by atoms with Crippen LogP contribution < -0.4 is 10.4 Å². The van der Waals surface area contributed by atoms with E-state index in [0.29, 0.717) is 5.54 Å². The van der Waals surface area contributed by atoms with Crippen molar-refractivity contribution in [3.05, 3.63) is 96.3 Å². The Morgan fingerprint density at radius 2 is 1.14 bits per heavy atom. The van der Waals surface area contributed by atoms with Gasteiger partial charge in [-0.1, -0.05) is 90.1 Å². The van der Waals surface area contributed by atoms with Crippen LogP contribution in [-0.2, 0) is 0 Å². The highest BCUT2D eigenvalue weighted by atomic mass is 28.3. The molecule has 0 heterocycles. The summed E-state index contributed by atoms with van der Waals surface area (Å²) >= 11 is 0. The first-order chi connectivity index (χ1) is 10.8. The van der Waals surface area contributed by atoms with Gasteiger partial charge in [0.25, 0.3) is 0 Å². The van der Waals surface area contributed by atoms with Crippen LogP contribution in [0.1, 0.15) is 18.0 Å². The molecule has 3 rings (SSSR count). The lowest BCUT2D eigenvalue weighted by atomic mass is 10.2. The van der Waals surface area contributed by atoms with Crippen LogP contribution in [0.25, 0.3) is 0 Å². The number of hydrogen-bond acceptors (Lipinski definition) is 0. The van der Waals surface area contributed by atoms with Crippen molar-refractivity contribution in [2.45, 2.75) is 12.5 Å². The van der Waals surface area contributed by atoms with E-state index in [-0.39, 0.29) is 5.82 Å². The molecule has 0 saturated carbocycles. The van der Waals surface area contributed by atoms with Gasteiger partial charge in [0.05, 0.1) is 0 Å². The largest absolute Gasteiger partial charge is 0.207 e. The second-order valence-corrected chi connectivity index (χ2v) is 8.27. The van der Waals surface area contributed by atoms with Gasteiger partial charge in [-0.05, 0) is 23.2 Å². The first kappa shape index (κ1) is 14.7. The van der Waals surface area contributed by atoms with E-state index in [0.717, 1.165) is 0 Å². The minimum absolute atomic E-state index is 0.177. The first-order valence-corrected chi connectivity index (χ1v) is 9.06. The van der Waals surface area contributed by atoms with Crippen molar-refractivity contribution in [2.24, 2.45) is 0 Å². The van der Waals surface area contributed by atoms with E-state index in [1.54, 1.807) is 12.1 Å². The lowest BCUT2D eigenvalue weighted by Crippen LogP contribution is -2.46. The first-order valence-electron chi connectivity index (χ1n) is 7.49. The molecule has 0 bridgehead atoms. The molecule has 0 aliphatic heterocycles. The number of rotatable bonds is 4. The Morgan fingerprint density at radius 3 is 1.59 bits per heavy atom. The van der Waals surface area contributed by atoms with Gasteiger partial charge in [0.15, 0.2) is 0 Å². The molecule has 3 aromatic carbocycles. The summed E-state index contributed by atoms with van der Waals surface area (Å²) in [5, 5.41) is 2.77. The van der Waals surface area contributed by atoms with E-state index in [9.17, 15) is 4.39 Å². The zero-order valence-electron chi connectivity index (χ0n) is 12.5. The van der Waals surface area contributed by atoms with Crippen LogP contribution in [0.15, 0.2) is 84.9 Å². The highest BCUT2D eigenvalue weighted by Crippen LogP contribution is 2.19. The lowest BCUT2D eigenvalue weighted by Gasteiger charge is -2.23. The van der Waals surface area contributed by atoms with Gasteiger partial charge < -0.3 is 0 Å². The Balaban J connectivity index is 2.04. The summed E-state index contributed by atoms with van der Waals surface area (Å²) in [6.45, 7) is 2.25. The average Bonchev–Trinajstić information content (AvgIpc) is 2.57. The van der Waals surface area contributed by atoms with Crippen LogP contribution in [-0.4, -0.2) is 8.80 Å². The molecule has 3 aromatic rings. The Bertz CT molecular complexity index is 668. The number of hydrogen-bond donors (Lipinski definition) is 0. The van der Waals surface area contributed by atoms with Gasteiger partial charge in [-0.2, -0.15) is 0 Å². The summed E-state index contributed by atoms with van der Waals surface area (Å²) in [6.07, 6.45) is 0. The van der Waals surface area contributed by atoms with Crippen molar-refractivity contribution in [1.29, 1.82) is 0 Å². The Kier molecular flexibility index (Phi) is 4.49. The summed E-state index contributed by atoms with van der Waals surface area (Å²) < 4.78 is 13.2. The molecule has 1 radical (unpaired) electrons. The Morgan fingerprint density at radius 1 is 0.682 bits per heavy atom. The SMILES string of the molecule is CC(c1ccc(F)cc1)[Si](c1ccccc1)c1ccccc1. The van der Waals surface area contributed by atoms with Crippen LogP contribution in [0.5, 0.6) is 0 Å². The third kappa shape index (κ3) is 3.17. The van der Waals surface area contributed by atoms with Crippen molar-refractivity contribution in [1.82, 2.24) is 0 Å². The molecule has 0 N–H and O–H groups in total. The van der Waals surface area contributed by atoms with Gasteiger partial charge in [-0.3, -0.25) is 0 Å². The van der Waals surface area contributed by atoms with Gasteiger partial charge in [0, 0.05) is 0 Å². The van der Waals surface area contributed by atoms with Crippen molar-refractivity contribution >= 4 is 19.2 Å². The van der Waals surface area contributed by atoms with E-state index < -0.39 is 8.80 Å². The maximum absolute atomic E-state index is 13.2. The van der Waals surface area contributed by atoms with Crippen molar-refractivity contribution in [2.75, 3.05) is 0 Å². The molecule has 0 aliphatic rings. The molecule has 22 heavy (non-hydrogen) atoms. The molecule has 109 valence electrons. The van der Waals surface area contributed by atoms with Gasteiger partial charge in [0.2, 0.25) is 0 Å². The minimum atomic E-state index is -0.965. The molecule has 0 saturated heterocycles. The zero-order valence-corrected chi connectivity index (χ0v) is 13.5. The van der Waals surface area contributed by atoms with E-state index in [1.807, 2.05) is 12.1 Å². The summed E-state index contributed by atoms with van der Waals surface area (Å²) in [7, 11) is -0.965. The molecule has 0 nitrogen and oxygen atoms in total. The van der Waals surface area contributed by atoms with Gasteiger partial charge in [-0.15, -0.1) is 0 Å². The molecule has 1 atom stereocenters. The summed E-state index contributed by atoms with van der Waals surface area (Å²) in [5.74, 6) is -0.177. The van der Waals surface area contributed by atoms with Crippen molar-refractivity contribution in [3.63, 3.8) is 0 Å². The monoisotopic (exact) mass is 305 g/mol. The molecule has 0 spiro atoms. The fourth-order valence-electron chi connectivity index (χ4n) is 2.82. The van der Waals surface area contributed by atoms with Crippen LogP contribution in [0.4, 0.5) is 4.39 Å². The molecular formula is C20H18FSi. The molecule has 0 aromatic heterocycles. The van der Waals surface area contributed by atoms with Crippen molar-refractivity contribution < 1.29 is 4.39 Å². The van der Waals surface area contributed by atoms with Crippen LogP contribution in [0, 0.1) is 5.82 Å². The Labute approximate surface area is 132 Å². The van der Waals surface area contributed by atoms with E-state index in [2.05, 4.69) is 67.6 Å². The third-order valence-corrected chi connectivity index (χ3v) is 7.08. The quantitative estimate of drug-likeness (QED) is 0.644. The van der Waals surface area contributed by atoms with Gasteiger partial charge in [0.1, 0.15) is 14.6 Å². The third-order valence-electron chi connectivity index (χ3n) is 3.97. The van der Waals surface area contributed by atoms with Gasteiger partial charge in [-0.25, -0.2) is 4.39 Å². The summed E-state index contributed by atoms with van der Waals surface area (Å²) in [5.41, 5.74) is 1.57. The highest BCUT2D eigenvalue weighted by molar-refractivity contribution is 6.86. The van der Waals surface area contributed by atoms with E-state index in [1.165, 1.54) is 15.9 Å². The normalized spacial score (nSPS) is 12.3. The predicted molar refractivity (Wildman–Crippen MR) is 92.7 cm³/mol. The molecule has 2 heteroatoms. The van der Waals surface area contributed by atoms with E-state index >= 15 is 0 Å². The predicted octanol–water partition coefficient (Wildman–Crippen LogP) is 3.78. The smallest absolute Gasteiger partial charge is 0.128 e. The van der Waals surface area contributed by atoms with Crippen molar-refractivity contribution in [3.8, 4) is 0 Å². The second kappa shape index (κ2) is 6.71. The van der Waals surface area contributed by atoms with Gasteiger partial charge >= 0.3 is 0 Å². The van der Waals surface area contributed by atoms with Crippen LogP contribution in [0.2, 0.25) is 0 Å². The maximum atomic E-state index is 13.2. The molecule has 0 aliphatic carbocycles. The molecule has 0 fully saturated rings. The van der Waals surface area contributed by atoms with E-state index in [4.69, 9.17) is 0 Å². The van der Waals surface area contributed by atoms with Crippen LogP contribution >= 0.6 is 0 Å². The summed E-state index contributed by atoms with van der Waals surface area (Å²) in [6, 6.07) is 28.3. The standard InChI is InChI=1S/C20H18FSi/c1-16(17-12-14-18(21)15-13-17)22(19-8-4-2-5-9-19)20-10-6-3-7-11-20/h2-16H,1H3. The second-order valence-electron chi connectivity index (χ2n) is 5.42. The maximum Gasteiger partial charge on any atom is 0.128 e. The Hall–Kier alpha value is -2.19. The fourth-order valence-corrected chi connectivity index (χ4v) is 5.78. The van der Waals surface area contributed by atoms with Crippen LogP contribution in [0.3, 0.4) is 0 Å². The molecular weight excluding hydrogens is 287 g/mol. The minimum Gasteiger partial charge on any atom is -0.207 e. The average molecular weight is 305 g/mol.